The third-order valence-corrected chi connectivity index (χ3v) is 2.82. The molecule has 0 atom stereocenters. The molecule has 0 aliphatic carbocycles. The van der Waals surface area contributed by atoms with Gasteiger partial charge in [-0.25, -0.2) is 4.98 Å². The van der Waals surface area contributed by atoms with E-state index in [0.717, 1.165) is 0 Å². The fourth-order valence-corrected chi connectivity index (χ4v) is 1.72. The number of rotatable bonds is 3. The first-order valence-electron chi connectivity index (χ1n) is 6.19. The monoisotopic (exact) mass is 241 g/mol. The normalized spacial score (nSPS) is 11.3. The summed E-state index contributed by atoms with van der Waals surface area (Å²) in [4.78, 5) is 4.14. The molecule has 0 unspecified atom stereocenters. The summed E-state index contributed by atoms with van der Waals surface area (Å²) in [5, 5.41) is 0. The molecule has 0 fully saturated rings. The third kappa shape index (κ3) is 3.33. The van der Waals surface area contributed by atoms with Crippen LogP contribution in [0, 0.1) is 0 Å². The van der Waals surface area contributed by atoms with Crippen LogP contribution in [0.5, 0.6) is 5.88 Å². The van der Waals surface area contributed by atoms with Crippen LogP contribution in [0.3, 0.4) is 0 Å². The van der Waals surface area contributed by atoms with Gasteiger partial charge < -0.3 is 4.74 Å². The van der Waals surface area contributed by atoms with E-state index in [1.54, 1.807) is 6.20 Å². The van der Waals surface area contributed by atoms with Crippen LogP contribution in [-0.4, -0.2) is 4.98 Å². The zero-order chi connectivity index (χ0) is 13.0. The molecule has 2 heteroatoms. The molecule has 0 bridgehead atoms. The van der Waals surface area contributed by atoms with Gasteiger partial charge in [-0.05, 0) is 22.6 Å². The number of benzene rings is 1. The number of ether oxygens (including phenoxy) is 1. The van der Waals surface area contributed by atoms with Crippen molar-refractivity contribution in [2.45, 2.75) is 32.8 Å². The SMILES string of the molecule is CC(C)(C)c1cccc(COc2ccccn2)c1. The quantitative estimate of drug-likeness (QED) is 0.811. The molecule has 2 rings (SSSR count). The molecule has 2 aromatic rings. The van der Waals surface area contributed by atoms with Crippen molar-refractivity contribution in [3.05, 3.63) is 59.8 Å². The van der Waals surface area contributed by atoms with Gasteiger partial charge in [0.15, 0.2) is 0 Å². The predicted molar refractivity (Wildman–Crippen MR) is 73.7 cm³/mol. The molecule has 0 amide bonds. The van der Waals surface area contributed by atoms with Crippen LogP contribution in [0.15, 0.2) is 48.7 Å². The van der Waals surface area contributed by atoms with Crippen LogP contribution in [0.25, 0.3) is 0 Å². The zero-order valence-corrected chi connectivity index (χ0v) is 11.2. The molecule has 0 N–H and O–H groups in total. The number of pyridine rings is 1. The Kier molecular flexibility index (Phi) is 3.66. The van der Waals surface area contributed by atoms with E-state index < -0.39 is 0 Å². The largest absolute Gasteiger partial charge is 0.473 e. The first kappa shape index (κ1) is 12.6. The topological polar surface area (TPSA) is 22.1 Å². The van der Waals surface area contributed by atoms with Gasteiger partial charge in [0.05, 0.1) is 0 Å². The molecule has 94 valence electrons. The zero-order valence-electron chi connectivity index (χ0n) is 11.2. The van der Waals surface area contributed by atoms with Crippen LogP contribution < -0.4 is 4.74 Å². The van der Waals surface area contributed by atoms with Crippen molar-refractivity contribution >= 4 is 0 Å². The maximum absolute atomic E-state index is 5.65. The molecule has 1 heterocycles. The summed E-state index contributed by atoms with van der Waals surface area (Å²) in [5.41, 5.74) is 2.67. The molecule has 0 aliphatic heterocycles. The summed E-state index contributed by atoms with van der Waals surface area (Å²) in [6, 6.07) is 14.2. The maximum atomic E-state index is 5.65. The average molecular weight is 241 g/mol. The highest BCUT2D eigenvalue weighted by Crippen LogP contribution is 2.23. The van der Waals surface area contributed by atoms with Crippen molar-refractivity contribution < 1.29 is 4.74 Å². The molecule has 0 aliphatic rings. The smallest absolute Gasteiger partial charge is 0.213 e. The van der Waals surface area contributed by atoms with E-state index in [0.29, 0.717) is 12.5 Å². The summed E-state index contributed by atoms with van der Waals surface area (Å²) in [6.07, 6.45) is 1.74. The van der Waals surface area contributed by atoms with Gasteiger partial charge in [0, 0.05) is 12.3 Å². The van der Waals surface area contributed by atoms with Gasteiger partial charge in [0.1, 0.15) is 6.61 Å². The fraction of sp³-hybridized carbons (Fsp3) is 0.312. The molecule has 1 aromatic carbocycles. The lowest BCUT2D eigenvalue weighted by molar-refractivity contribution is 0.293. The first-order chi connectivity index (χ1) is 8.55. The van der Waals surface area contributed by atoms with E-state index >= 15 is 0 Å². The number of hydrogen-bond donors (Lipinski definition) is 0. The second kappa shape index (κ2) is 5.21. The molecule has 18 heavy (non-hydrogen) atoms. The van der Waals surface area contributed by atoms with E-state index in [9.17, 15) is 0 Å². The lowest BCUT2D eigenvalue weighted by atomic mass is 9.86. The molecule has 0 radical (unpaired) electrons. The average Bonchev–Trinajstić information content (AvgIpc) is 2.37. The minimum absolute atomic E-state index is 0.168. The molecule has 0 saturated carbocycles. The summed E-state index contributed by atoms with van der Waals surface area (Å²) in [7, 11) is 0. The minimum Gasteiger partial charge on any atom is -0.473 e. The minimum atomic E-state index is 0.168. The highest BCUT2D eigenvalue weighted by molar-refractivity contribution is 5.28. The lowest BCUT2D eigenvalue weighted by Crippen LogP contribution is -2.11. The predicted octanol–water partition coefficient (Wildman–Crippen LogP) is 3.96. The van der Waals surface area contributed by atoms with Crippen molar-refractivity contribution in [3.8, 4) is 5.88 Å². The molecule has 0 saturated heterocycles. The summed E-state index contributed by atoms with van der Waals surface area (Å²) in [5.74, 6) is 0.665. The fourth-order valence-electron chi connectivity index (χ4n) is 1.72. The van der Waals surface area contributed by atoms with Gasteiger partial charge in [-0.3, -0.25) is 0 Å². The molecular formula is C16H19NO. The number of hydrogen-bond acceptors (Lipinski definition) is 2. The van der Waals surface area contributed by atoms with Crippen LogP contribution >= 0.6 is 0 Å². The van der Waals surface area contributed by atoms with E-state index in [4.69, 9.17) is 4.74 Å². The van der Waals surface area contributed by atoms with Gasteiger partial charge in [-0.2, -0.15) is 0 Å². The number of aromatic nitrogens is 1. The molecule has 1 aromatic heterocycles. The maximum Gasteiger partial charge on any atom is 0.213 e. The van der Waals surface area contributed by atoms with Crippen molar-refractivity contribution in [1.29, 1.82) is 0 Å². The van der Waals surface area contributed by atoms with Gasteiger partial charge in [-0.15, -0.1) is 0 Å². The summed E-state index contributed by atoms with van der Waals surface area (Å²) in [6.45, 7) is 7.20. The lowest BCUT2D eigenvalue weighted by Gasteiger charge is -2.19. The Bertz CT molecular complexity index is 500. The van der Waals surface area contributed by atoms with Crippen LogP contribution in [0.2, 0.25) is 0 Å². The third-order valence-electron chi connectivity index (χ3n) is 2.82. The van der Waals surface area contributed by atoms with Gasteiger partial charge in [0.2, 0.25) is 5.88 Å². The van der Waals surface area contributed by atoms with Crippen molar-refractivity contribution in [3.63, 3.8) is 0 Å². The number of nitrogens with zero attached hydrogens (tertiary/aromatic N) is 1. The van der Waals surface area contributed by atoms with E-state index in [-0.39, 0.29) is 5.41 Å². The first-order valence-corrected chi connectivity index (χ1v) is 6.19. The van der Waals surface area contributed by atoms with E-state index in [1.807, 2.05) is 18.2 Å². The highest BCUT2D eigenvalue weighted by atomic mass is 16.5. The Morgan fingerprint density at radius 1 is 1.06 bits per heavy atom. The highest BCUT2D eigenvalue weighted by Gasteiger charge is 2.13. The second-order valence-corrected chi connectivity index (χ2v) is 5.41. The van der Waals surface area contributed by atoms with Crippen molar-refractivity contribution in [2.24, 2.45) is 0 Å². The Labute approximate surface area is 109 Å². The van der Waals surface area contributed by atoms with Crippen LogP contribution in [-0.2, 0) is 12.0 Å². The van der Waals surface area contributed by atoms with Gasteiger partial charge in [0.25, 0.3) is 0 Å². The molecule has 0 spiro atoms. The van der Waals surface area contributed by atoms with Crippen LogP contribution in [0.4, 0.5) is 0 Å². The van der Waals surface area contributed by atoms with Gasteiger partial charge in [-0.1, -0.05) is 51.1 Å². The Balaban J connectivity index is 2.06. The van der Waals surface area contributed by atoms with E-state index in [2.05, 4.69) is 50.0 Å². The second-order valence-electron chi connectivity index (χ2n) is 5.41. The summed E-state index contributed by atoms with van der Waals surface area (Å²) < 4.78 is 5.65. The van der Waals surface area contributed by atoms with Crippen molar-refractivity contribution in [2.75, 3.05) is 0 Å². The van der Waals surface area contributed by atoms with Crippen LogP contribution in [0.1, 0.15) is 31.9 Å². The van der Waals surface area contributed by atoms with E-state index in [1.165, 1.54) is 11.1 Å². The van der Waals surface area contributed by atoms with Crippen molar-refractivity contribution in [1.82, 2.24) is 4.98 Å². The Morgan fingerprint density at radius 3 is 2.56 bits per heavy atom. The Morgan fingerprint density at radius 2 is 1.89 bits per heavy atom. The summed E-state index contributed by atoms with van der Waals surface area (Å²) >= 11 is 0. The molecule has 2 nitrogen and oxygen atoms in total. The Hall–Kier alpha value is -1.83. The standard InChI is InChI=1S/C16H19NO/c1-16(2,3)14-8-6-7-13(11-14)12-18-15-9-4-5-10-17-15/h4-11H,12H2,1-3H3. The molecular weight excluding hydrogens is 222 g/mol. The van der Waals surface area contributed by atoms with Gasteiger partial charge >= 0.3 is 0 Å².